The summed E-state index contributed by atoms with van der Waals surface area (Å²) in [5.41, 5.74) is 1.04. The summed E-state index contributed by atoms with van der Waals surface area (Å²) in [6.45, 7) is 8.88. The molecule has 3 unspecified atom stereocenters. The fourth-order valence-corrected chi connectivity index (χ4v) is 7.20. The fourth-order valence-electron chi connectivity index (χ4n) is 4.70. The number of carboxylic acid groups (broad SMARTS) is 1. The van der Waals surface area contributed by atoms with Gasteiger partial charge in [-0.3, -0.25) is 19.2 Å². The van der Waals surface area contributed by atoms with Crippen molar-refractivity contribution < 1.29 is 29.0 Å². The standard InChI is InChI=1S/C28H40N4O6S3/c1-15(2)22(32(6)25(34)8-19-12-39-13-19)10-23(38-18(5)33)27-31-21(14-41-27)26(35)30-20(7-16(3)28(36)37)9-24-29-17(4)11-40-24/h11,14-16,19-20,22-23H,7-10,12-13H2,1-6H3,(H,30,35)(H,36,37)/t16?,20-,22?,23?/m1/s1. The first-order chi connectivity index (χ1) is 19.3. The number of thiazole rings is 2. The van der Waals surface area contributed by atoms with Crippen LogP contribution in [0.15, 0.2) is 10.8 Å². The van der Waals surface area contributed by atoms with E-state index in [1.165, 1.54) is 29.6 Å². The minimum atomic E-state index is -0.936. The van der Waals surface area contributed by atoms with E-state index in [2.05, 4.69) is 15.3 Å². The van der Waals surface area contributed by atoms with E-state index in [0.29, 0.717) is 30.2 Å². The van der Waals surface area contributed by atoms with E-state index in [0.717, 1.165) is 22.2 Å². The van der Waals surface area contributed by atoms with Gasteiger partial charge in [0.1, 0.15) is 10.7 Å². The van der Waals surface area contributed by atoms with Gasteiger partial charge in [0.05, 0.1) is 10.9 Å². The first kappa shape index (κ1) is 33.0. The molecule has 3 rings (SSSR count). The lowest BCUT2D eigenvalue weighted by atomic mass is 9.95. The molecule has 1 aliphatic heterocycles. The number of rotatable bonds is 15. The SMILES string of the molecule is CC(=O)OC(CC(C(C)C)N(C)C(=O)CC1CSC1)c1nc(C(=O)N[C@@H](Cc2nc(C)cs2)CC(C)C(=O)O)cs1. The number of hydrogen-bond donors (Lipinski definition) is 2. The first-order valence-corrected chi connectivity index (χ1v) is 16.7. The molecule has 2 aromatic rings. The van der Waals surface area contributed by atoms with E-state index in [-0.39, 0.29) is 30.0 Å². The number of nitrogens with zero attached hydrogens (tertiary/aromatic N) is 3. The van der Waals surface area contributed by atoms with Crippen LogP contribution in [0, 0.1) is 24.7 Å². The molecule has 3 heterocycles. The molecule has 2 amide bonds. The van der Waals surface area contributed by atoms with E-state index < -0.39 is 35.9 Å². The van der Waals surface area contributed by atoms with Gasteiger partial charge in [0.25, 0.3) is 5.91 Å². The molecule has 1 fully saturated rings. The molecule has 226 valence electrons. The fraction of sp³-hybridized carbons (Fsp3) is 0.643. The van der Waals surface area contributed by atoms with Crippen molar-refractivity contribution in [2.45, 2.75) is 78.5 Å². The van der Waals surface area contributed by atoms with Gasteiger partial charge in [0, 0.05) is 61.8 Å². The Kier molecular flexibility index (Phi) is 12.2. The van der Waals surface area contributed by atoms with Crippen molar-refractivity contribution in [1.29, 1.82) is 0 Å². The van der Waals surface area contributed by atoms with Crippen LogP contribution < -0.4 is 5.32 Å². The molecule has 0 aliphatic carbocycles. The molecule has 0 aromatic carbocycles. The summed E-state index contributed by atoms with van der Waals surface area (Å²) >= 11 is 4.53. The predicted molar refractivity (Wildman–Crippen MR) is 161 cm³/mol. The van der Waals surface area contributed by atoms with Gasteiger partial charge >= 0.3 is 11.9 Å². The zero-order chi connectivity index (χ0) is 30.3. The minimum absolute atomic E-state index is 0.0758. The van der Waals surface area contributed by atoms with Crippen LogP contribution in [0.2, 0.25) is 0 Å². The summed E-state index contributed by atoms with van der Waals surface area (Å²) in [5.74, 6) is 0.104. The Hall–Kier alpha value is -2.51. The average Bonchev–Trinajstić information content (AvgIpc) is 3.52. The number of esters is 1. The summed E-state index contributed by atoms with van der Waals surface area (Å²) in [6, 6.07) is -0.642. The van der Waals surface area contributed by atoms with Gasteiger partial charge in [0.2, 0.25) is 5.91 Å². The monoisotopic (exact) mass is 624 g/mol. The summed E-state index contributed by atoms with van der Waals surface area (Å²) in [5, 5.41) is 17.2. The average molecular weight is 625 g/mol. The number of carboxylic acids is 1. The minimum Gasteiger partial charge on any atom is -0.481 e. The van der Waals surface area contributed by atoms with Crippen molar-refractivity contribution in [3.8, 4) is 0 Å². The number of thioether (sulfide) groups is 1. The molecular formula is C28H40N4O6S3. The van der Waals surface area contributed by atoms with Gasteiger partial charge < -0.3 is 20.1 Å². The number of aromatic nitrogens is 2. The molecule has 0 bridgehead atoms. The number of amides is 2. The van der Waals surface area contributed by atoms with E-state index >= 15 is 0 Å². The maximum absolute atomic E-state index is 13.2. The third kappa shape index (κ3) is 9.78. The Balaban J connectivity index is 1.74. The van der Waals surface area contributed by atoms with Crippen LogP contribution in [0.25, 0.3) is 0 Å². The zero-order valence-electron chi connectivity index (χ0n) is 24.4. The van der Waals surface area contributed by atoms with Crippen LogP contribution in [0.3, 0.4) is 0 Å². The first-order valence-electron chi connectivity index (χ1n) is 13.7. The molecule has 2 N–H and O–H groups in total. The van der Waals surface area contributed by atoms with E-state index in [1.54, 1.807) is 24.3 Å². The van der Waals surface area contributed by atoms with Crippen LogP contribution in [-0.2, 0) is 25.5 Å². The molecular weight excluding hydrogens is 585 g/mol. The van der Waals surface area contributed by atoms with Crippen molar-refractivity contribution in [1.82, 2.24) is 20.2 Å². The van der Waals surface area contributed by atoms with Crippen LogP contribution in [0.1, 0.15) is 79.3 Å². The Labute approximate surface area is 253 Å². The number of ether oxygens (including phenoxy) is 1. The molecule has 41 heavy (non-hydrogen) atoms. The highest BCUT2D eigenvalue weighted by Gasteiger charge is 2.32. The van der Waals surface area contributed by atoms with Crippen molar-refractivity contribution >= 4 is 58.2 Å². The third-order valence-electron chi connectivity index (χ3n) is 7.11. The van der Waals surface area contributed by atoms with Crippen molar-refractivity contribution in [3.63, 3.8) is 0 Å². The molecule has 0 spiro atoms. The van der Waals surface area contributed by atoms with Crippen LogP contribution in [0.5, 0.6) is 0 Å². The second-order valence-corrected chi connectivity index (χ2v) is 14.0. The number of carbonyl (C=O) groups is 4. The highest BCUT2D eigenvalue weighted by molar-refractivity contribution is 8.00. The number of aryl methyl sites for hydroxylation is 1. The van der Waals surface area contributed by atoms with Crippen molar-refractivity contribution in [2.75, 3.05) is 18.6 Å². The molecule has 10 nitrogen and oxygen atoms in total. The largest absolute Gasteiger partial charge is 0.481 e. The van der Waals surface area contributed by atoms with Gasteiger partial charge in [-0.15, -0.1) is 22.7 Å². The van der Waals surface area contributed by atoms with Gasteiger partial charge in [-0.2, -0.15) is 11.8 Å². The summed E-state index contributed by atoms with van der Waals surface area (Å²) < 4.78 is 5.66. The van der Waals surface area contributed by atoms with E-state index in [9.17, 15) is 24.3 Å². The van der Waals surface area contributed by atoms with E-state index in [4.69, 9.17) is 4.74 Å². The molecule has 2 aromatic heterocycles. The van der Waals surface area contributed by atoms with Gasteiger partial charge in [-0.1, -0.05) is 20.8 Å². The zero-order valence-corrected chi connectivity index (χ0v) is 26.9. The third-order valence-corrected chi connectivity index (χ3v) is 10.4. The second kappa shape index (κ2) is 15.1. The topological polar surface area (TPSA) is 139 Å². The Morgan fingerprint density at radius 3 is 2.37 bits per heavy atom. The van der Waals surface area contributed by atoms with Crippen molar-refractivity contribution in [2.24, 2.45) is 17.8 Å². The predicted octanol–water partition coefficient (Wildman–Crippen LogP) is 4.59. The quantitative estimate of drug-likeness (QED) is 0.272. The number of aliphatic carboxylic acids is 1. The maximum atomic E-state index is 13.2. The Bertz CT molecular complexity index is 1210. The highest BCUT2D eigenvalue weighted by Crippen LogP contribution is 2.32. The molecule has 0 radical (unpaired) electrons. The summed E-state index contributed by atoms with van der Waals surface area (Å²) in [7, 11) is 1.80. The molecule has 0 saturated carbocycles. The summed E-state index contributed by atoms with van der Waals surface area (Å²) in [6.07, 6.45) is 0.792. The number of hydrogen-bond acceptors (Lipinski definition) is 10. The van der Waals surface area contributed by atoms with E-state index in [1.807, 2.05) is 37.9 Å². The summed E-state index contributed by atoms with van der Waals surface area (Å²) in [4.78, 5) is 60.5. The molecule has 1 aliphatic rings. The molecule has 1 saturated heterocycles. The number of carbonyl (C=O) groups excluding carboxylic acids is 3. The van der Waals surface area contributed by atoms with Gasteiger partial charge in [0.15, 0.2) is 6.10 Å². The van der Waals surface area contributed by atoms with Crippen molar-refractivity contribution in [3.05, 3.63) is 32.2 Å². The number of nitrogens with one attached hydrogen (secondary N) is 1. The lowest BCUT2D eigenvalue weighted by Crippen LogP contribution is -2.43. The molecule has 4 atom stereocenters. The Morgan fingerprint density at radius 2 is 1.83 bits per heavy atom. The van der Waals surface area contributed by atoms with Gasteiger partial charge in [-0.25, -0.2) is 9.97 Å². The highest BCUT2D eigenvalue weighted by atomic mass is 32.2. The second-order valence-electron chi connectivity index (χ2n) is 11.1. The van der Waals surface area contributed by atoms with Crippen LogP contribution in [-0.4, -0.2) is 74.4 Å². The van der Waals surface area contributed by atoms with Crippen LogP contribution >= 0.6 is 34.4 Å². The molecule has 13 heteroatoms. The normalized spacial score (nSPS) is 16.4. The van der Waals surface area contributed by atoms with Gasteiger partial charge in [-0.05, 0) is 36.7 Å². The maximum Gasteiger partial charge on any atom is 0.306 e. The smallest absolute Gasteiger partial charge is 0.306 e. The Morgan fingerprint density at radius 1 is 1.12 bits per heavy atom. The lowest BCUT2D eigenvalue weighted by molar-refractivity contribution is -0.148. The lowest BCUT2D eigenvalue weighted by Gasteiger charge is -2.35. The van der Waals surface area contributed by atoms with Crippen LogP contribution in [0.4, 0.5) is 0 Å².